The third-order valence-corrected chi connectivity index (χ3v) is 10.4. The standard InChI is InChI=1S/C42H46N6O5/c1-26(2)48-35-24-46(22-30-13-18-33(51-5)19-36(30)52-6)23-34-39(45-53-40(34)29-11-12-29)37(35)38-41(43-25-44-42(38)48)47(20-27-7-14-31(49-3)15-8-27)21-28-9-16-32(50-4)17-10-28/h7-10,13-19,25-26,29H,11-12,20-24H2,1-6H3. The summed E-state index contributed by atoms with van der Waals surface area (Å²) in [6.07, 6.45) is 3.92. The fourth-order valence-corrected chi connectivity index (χ4v) is 7.64. The Morgan fingerprint density at radius 3 is 2.02 bits per heavy atom. The second-order valence-electron chi connectivity index (χ2n) is 14.2. The van der Waals surface area contributed by atoms with Gasteiger partial charge in [0.1, 0.15) is 52.2 Å². The highest BCUT2D eigenvalue weighted by Gasteiger charge is 2.38. The van der Waals surface area contributed by atoms with E-state index in [-0.39, 0.29) is 6.04 Å². The van der Waals surface area contributed by atoms with Crippen molar-refractivity contribution in [1.29, 1.82) is 0 Å². The van der Waals surface area contributed by atoms with Gasteiger partial charge < -0.3 is 32.9 Å². The minimum Gasteiger partial charge on any atom is -0.497 e. The Morgan fingerprint density at radius 1 is 0.792 bits per heavy atom. The largest absolute Gasteiger partial charge is 0.497 e. The van der Waals surface area contributed by atoms with Gasteiger partial charge in [0.25, 0.3) is 0 Å². The number of fused-ring (bicyclic) bond motifs is 5. The summed E-state index contributed by atoms with van der Waals surface area (Å²) in [6.45, 7) is 7.71. The van der Waals surface area contributed by atoms with Crippen molar-refractivity contribution in [2.45, 2.75) is 71.4 Å². The molecule has 2 aliphatic rings. The van der Waals surface area contributed by atoms with E-state index in [2.05, 4.69) is 58.5 Å². The summed E-state index contributed by atoms with van der Waals surface area (Å²) in [7, 11) is 6.77. The summed E-state index contributed by atoms with van der Waals surface area (Å²) in [4.78, 5) is 14.9. The maximum Gasteiger partial charge on any atom is 0.146 e. The molecule has 0 N–H and O–H groups in total. The molecule has 53 heavy (non-hydrogen) atoms. The molecule has 0 spiro atoms. The summed E-state index contributed by atoms with van der Waals surface area (Å²) in [5.41, 5.74) is 8.47. The van der Waals surface area contributed by atoms with Gasteiger partial charge in [0.05, 0.1) is 33.8 Å². The van der Waals surface area contributed by atoms with E-state index in [1.165, 1.54) is 0 Å². The van der Waals surface area contributed by atoms with Crippen LogP contribution in [0.25, 0.3) is 22.3 Å². The Hall–Kier alpha value is -5.55. The van der Waals surface area contributed by atoms with Crippen LogP contribution in [-0.4, -0.2) is 53.0 Å². The van der Waals surface area contributed by atoms with Crippen LogP contribution >= 0.6 is 0 Å². The van der Waals surface area contributed by atoms with E-state index in [1.54, 1.807) is 34.8 Å². The average Bonchev–Trinajstić information content (AvgIpc) is 3.90. The number of rotatable bonds is 13. The van der Waals surface area contributed by atoms with Crippen LogP contribution in [0.15, 0.2) is 77.6 Å². The molecule has 11 heteroatoms. The minimum atomic E-state index is 0.120. The van der Waals surface area contributed by atoms with Gasteiger partial charge in [-0.05, 0) is 68.1 Å². The van der Waals surface area contributed by atoms with Gasteiger partial charge in [-0.2, -0.15) is 0 Å². The summed E-state index contributed by atoms with van der Waals surface area (Å²) < 4.78 is 31.0. The molecule has 1 fully saturated rings. The molecule has 0 saturated heterocycles. The molecule has 6 aromatic rings. The van der Waals surface area contributed by atoms with Crippen molar-refractivity contribution in [1.82, 2.24) is 24.6 Å². The zero-order chi connectivity index (χ0) is 36.6. The average molecular weight is 715 g/mol. The molecule has 1 saturated carbocycles. The molecule has 0 amide bonds. The SMILES string of the molecule is COc1ccc(CN(Cc2ccc(OC)cc2)c2ncnc3c2c2c(n3C(C)C)CN(Cc3ccc(OC)cc3OC)Cc3c-2noc3C2CC2)cc1. The Balaban J connectivity index is 1.30. The van der Waals surface area contributed by atoms with Gasteiger partial charge in [-0.3, -0.25) is 4.90 Å². The quantitative estimate of drug-likeness (QED) is 0.116. The van der Waals surface area contributed by atoms with Crippen molar-refractivity contribution >= 4 is 16.9 Å². The van der Waals surface area contributed by atoms with Crippen LogP contribution < -0.4 is 23.8 Å². The number of benzene rings is 3. The number of ether oxygens (including phenoxy) is 4. The normalized spacial score (nSPS) is 14.2. The predicted octanol–water partition coefficient (Wildman–Crippen LogP) is 8.30. The monoisotopic (exact) mass is 714 g/mol. The van der Waals surface area contributed by atoms with Crippen LogP contribution in [-0.2, 0) is 32.7 Å². The van der Waals surface area contributed by atoms with Gasteiger partial charge in [-0.25, -0.2) is 9.97 Å². The molecule has 1 aliphatic carbocycles. The Kier molecular flexibility index (Phi) is 9.42. The Bertz CT molecular complexity index is 2170. The highest BCUT2D eigenvalue weighted by atomic mass is 16.5. The number of aromatic nitrogens is 4. The lowest BCUT2D eigenvalue weighted by atomic mass is 10.0. The van der Waals surface area contributed by atoms with Crippen molar-refractivity contribution in [3.8, 4) is 34.3 Å². The van der Waals surface area contributed by atoms with Crippen molar-refractivity contribution < 1.29 is 23.5 Å². The minimum absolute atomic E-state index is 0.120. The third kappa shape index (κ3) is 6.65. The number of methoxy groups -OCH3 is 4. The zero-order valence-electron chi connectivity index (χ0n) is 31.3. The summed E-state index contributed by atoms with van der Waals surface area (Å²) in [5.74, 6) is 5.44. The number of anilines is 1. The molecule has 0 radical (unpaired) electrons. The topological polar surface area (TPSA) is 100 Å². The molecule has 274 valence electrons. The van der Waals surface area contributed by atoms with Crippen LogP contribution in [0.2, 0.25) is 0 Å². The summed E-state index contributed by atoms with van der Waals surface area (Å²) >= 11 is 0. The molecule has 3 aromatic carbocycles. The fraction of sp³-hybridized carbons (Fsp3) is 0.357. The molecule has 0 bridgehead atoms. The molecule has 4 heterocycles. The second kappa shape index (κ2) is 14.5. The first kappa shape index (κ1) is 34.5. The Labute approximate surface area is 310 Å². The van der Waals surface area contributed by atoms with Gasteiger partial charge in [0.15, 0.2) is 0 Å². The van der Waals surface area contributed by atoms with Gasteiger partial charge in [-0.15, -0.1) is 0 Å². The van der Waals surface area contributed by atoms with Crippen LogP contribution in [0.5, 0.6) is 23.0 Å². The maximum atomic E-state index is 6.28. The summed E-state index contributed by atoms with van der Waals surface area (Å²) in [6, 6.07) is 22.6. The molecule has 0 atom stereocenters. The Morgan fingerprint density at radius 2 is 1.43 bits per heavy atom. The molecule has 3 aromatic heterocycles. The molecule has 0 unspecified atom stereocenters. The van der Waals surface area contributed by atoms with Crippen molar-refractivity contribution in [3.05, 3.63) is 107 Å². The van der Waals surface area contributed by atoms with Crippen LogP contribution in [0, 0.1) is 0 Å². The van der Waals surface area contributed by atoms with E-state index in [1.807, 2.05) is 36.4 Å². The van der Waals surface area contributed by atoms with E-state index >= 15 is 0 Å². The molecular weight excluding hydrogens is 668 g/mol. The maximum absolute atomic E-state index is 6.28. The molecule has 1 aliphatic heterocycles. The predicted molar refractivity (Wildman–Crippen MR) is 204 cm³/mol. The van der Waals surface area contributed by atoms with Gasteiger partial charge in [0, 0.05) is 73.1 Å². The van der Waals surface area contributed by atoms with Gasteiger partial charge >= 0.3 is 0 Å². The van der Waals surface area contributed by atoms with E-state index in [4.69, 9.17) is 38.6 Å². The lowest BCUT2D eigenvalue weighted by Crippen LogP contribution is -2.24. The first-order valence-electron chi connectivity index (χ1n) is 18.2. The highest BCUT2D eigenvalue weighted by Crippen LogP contribution is 2.49. The lowest BCUT2D eigenvalue weighted by Gasteiger charge is -2.25. The number of nitrogens with zero attached hydrogens (tertiary/aromatic N) is 6. The van der Waals surface area contributed by atoms with Crippen LogP contribution in [0.1, 0.15) is 72.4 Å². The van der Waals surface area contributed by atoms with E-state index in [0.29, 0.717) is 38.6 Å². The highest BCUT2D eigenvalue weighted by molar-refractivity contribution is 6.03. The molecule has 8 rings (SSSR count). The number of hydrogen-bond acceptors (Lipinski definition) is 10. The van der Waals surface area contributed by atoms with Crippen molar-refractivity contribution in [2.24, 2.45) is 0 Å². The first-order valence-corrected chi connectivity index (χ1v) is 18.2. The van der Waals surface area contributed by atoms with Crippen molar-refractivity contribution in [2.75, 3.05) is 33.3 Å². The van der Waals surface area contributed by atoms with Gasteiger partial charge in [-0.1, -0.05) is 35.5 Å². The van der Waals surface area contributed by atoms with E-state index < -0.39 is 0 Å². The molecular formula is C42H46N6O5. The van der Waals surface area contributed by atoms with Crippen molar-refractivity contribution in [3.63, 3.8) is 0 Å². The van der Waals surface area contributed by atoms with Crippen LogP contribution in [0.4, 0.5) is 5.82 Å². The molecule has 11 nitrogen and oxygen atoms in total. The lowest BCUT2D eigenvalue weighted by molar-refractivity contribution is 0.236. The van der Waals surface area contributed by atoms with Crippen LogP contribution in [0.3, 0.4) is 0 Å². The number of hydrogen-bond donors (Lipinski definition) is 0. The van der Waals surface area contributed by atoms with Gasteiger partial charge in [0.2, 0.25) is 0 Å². The first-order chi connectivity index (χ1) is 25.9. The fourth-order valence-electron chi connectivity index (χ4n) is 7.64. The summed E-state index contributed by atoms with van der Waals surface area (Å²) in [5, 5.41) is 5.87. The van der Waals surface area contributed by atoms with E-state index in [0.717, 1.165) is 97.7 Å². The zero-order valence-corrected chi connectivity index (χ0v) is 31.3. The second-order valence-corrected chi connectivity index (χ2v) is 14.2. The van der Waals surface area contributed by atoms with E-state index in [9.17, 15) is 0 Å². The smallest absolute Gasteiger partial charge is 0.146 e. The third-order valence-electron chi connectivity index (χ3n) is 10.4.